The van der Waals surface area contributed by atoms with Gasteiger partial charge in [-0.25, -0.2) is 4.79 Å². The van der Waals surface area contributed by atoms with Gasteiger partial charge in [0.1, 0.15) is 5.75 Å². The molecule has 0 heterocycles. The molecular weight excluding hydrogens is 313 g/mol. The van der Waals surface area contributed by atoms with Crippen molar-refractivity contribution in [1.82, 2.24) is 5.32 Å². The van der Waals surface area contributed by atoms with Crippen molar-refractivity contribution in [2.75, 3.05) is 18.5 Å². The number of urea groups is 1. The molecule has 2 amide bonds. The highest BCUT2D eigenvalue weighted by atomic mass is 19.4. The molecule has 1 atom stereocenters. The second-order valence-corrected chi connectivity index (χ2v) is 4.87. The van der Waals surface area contributed by atoms with Crippen LogP contribution in [0.4, 0.5) is 23.7 Å². The van der Waals surface area contributed by atoms with Gasteiger partial charge in [0.15, 0.2) is 0 Å². The van der Waals surface area contributed by atoms with Crippen LogP contribution in [0.25, 0.3) is 0 Å². The van der Waals surface area contributed by atoms with Crippen LogP contribution in [0.1, 0.15) is 32.3 Å². The fourth-order valence-corrected chi connectivity index (χ4v) is 1.85. The molecule has 0 saturated heterocycles. The molecule has 8 heteroatoms. The zero-order valence-corrected chi connectivity index (χ0v) is 13.0. The first-order chi connectivity index (χ1) is 10.8. The van der Waals surface area contributed by atoms with E-state index in [0.717, 1.165) is 12.1 Å². The molecule has 1 aromatic rings. The molecule has 1 aromatic carbocycles. The van der Waals surface area contributed by atoms with Gasteiger partial charge in [-0.2, -0.15) is 13.2 Å². The topological polar surface area (TPSA) is 70.6 Å². The summed E-state index contributed by atoms with van der Waals surface area (Å²) in [6.07, 6.45) is -4.29. The summed E-state index contributed by atoms with van der Waals surface area (Å²) in [5.74, 6) is 0.0804. The van der Waals surface area contributed by atoms with E-state index in [1.54, 1.807) is 13.8 Å². The number of amides is 2. The van der Waals surface area contributed by atoms with Gasteiger partial charge in [-0.15, -0.1) is 0 Å². The summed E-state index contributed by atoms with van der Waals surface area (Å²) in [6.45, 7) is 3.86. The second-order valence-electron chi connectivity index (χ2n) is 4.87. The lowest BCUT2D eigenvalue weighted by Gasteiger charge is -2.16. The number of hydrogen-bond acceptors (Lipinski definition) is 3. The largest absolute Gasteiger partial charge is 0.494 e. The van der Waals surface area contributed by atoms with E-state index in [1.165, 1.54) is 6.07 Å². The molecular formula is C15H21F3N2O3. The van der Waals surface area contributed by atoms with Crippen molar-refractivity contribution in [3.05, 3.63) is 23.8 Å². The normalized spacial score (nSPS) is 12.6. The summed E-state index contributed by atoms with van der Waals surface area (Å²) in [7, 11) is 0. The van der Waals surface area contributed by atoms with Gasteiger partial charge in [0.05, 0.1) is 24.0 Å². The lowest BCUT2D eigenvalue weighted by Crippen LogP contribution is -2.32. The molecule has 0 bridgehead atoms. The minimum absolute atomic E-state index is 0.0804. The SMILES string of the molecule is CCOc1ccc(NC(=O)NCCC(O)CC)c(C(F)(F)F)c1. The molecule has 1 unspecified atom stereocenters. The highest BCUT2D eigenvalue weighted by Crippen LogP contribution is 2.37. The monoisotopic (exact) mass is 334 g/mol. The number of carbonyl (C=O) groups excluding carboxylic acids is 1. The molecule has 0 fully saturated rings. The van der Waals surface area contributed by atoms with E-state index in [4.69, 9.17) is 4.74 Å². The number of aliphatic hydroxyl groups excluding tert-OH is 1. The Balaban J connectivity index is 2.76. The molecule has 0 aliphatic carbocycles. The number of anilines is 1. The predicted molar refractivity (Wildman–Crippen MR) is 80.5 cm³/mol. The molecule has 0 saturated carbocycles. The van der Waals surface area contributed by atoms with Crippen LogP contribution < -0.4 is 15.4 Å². The summed E-state index contributed by atoms with van der Waals surface area (Å²) < 4.78 is 44.2. The lowest BCUT2D eigenvalue weighted by molar-refractivity contribution is -0.137. The van der Waals surface area contributed by atoms with Crippen LogP contribution in [0.5, 0.6) is 5.75 Å². The second kappa shape index (κ2) is 8.61. The molecule has 0 aliphatic heterocycles. The molecule has 23 heavy (non-hydrogen) atoms. The first kappa shape index (κ1) is 19.1. The van der Waals surface area contributed by atoms with Crippen LogP contribution in [0.3, 0.4) is 0 Å². The number of ether oxygens (including phenoxy) is 1. The Hall–Kier alpha value is -1.96. The molecule has 0 radical (unpaired) electrons. The maximum Gasteiger partial charge on any atom is 0.418 e. The van der Waals surface area contributed by atoms with E-state index in [-0.39, 0.29) is 24.6 Å². The number of aliphatic hydroxyl groups is 1. The average Bonchev–Trinajstić information content (AvgIpc) is 2.47. The van der Waals surface area contributed by atoms with Crippen molar-refractivity contribution in [3.8, 4) is 5.75 Å². The number of alkyl halides is 3. The third kappa shape index (κ3) is 6.35. The highest BCUT2D eigenvalue weighted by molar-refractivity contribution is 5.90. The van der Waals surface area contributed by atoms with Crippen molar-refractivity contribution >= 4 is 11.7 Å². The fourth-order valence-electron chi connectivity index (χ4n) is 1.85. The first-order valence-corrected chi connectivity index (χ1v) is 7.34. The number of nitrogens with one attached hydrogen (secondary N) is 2. The number of carbonyl (C=O) groups is 1. The number of benzene rings is 1. The first-order valence-electron chi connectivity index (χ1n) is 7.34. The van der Waals surface area contributed by atoms with Crippen LogP contribution in [0, 0.1) is 0 Å². The third-order valence-electron chi connectivity index (χ3n) is 3.09. The Morgan fingerprint density at radius 3 is 2.61 bits per heavy atom. The Morgan fingerprint density at radius 1 is 1.35 bits per heavy atom. The van der Waals surface area contributed by atoms with Crippen molar-refractivity contribution in [2.24, 2.45) is 0 Å². The summed E-state index contributed by atoms with van der Waals surface area (Å²) in [6, 6.07) is 2.59. The van der Waals surface area contributed by atoms with Crippen LogP contribution >= 0.6 is 0 Å². The molecule has 5 nitrogen and oxygen atoms in total. The highest BCUT2D eigenvalue weighted by Gasteiger charge is 2.34. The zero-order chi connectivity index (χ0) is 17.5. The summed E-state index contributed by atoms with van der Waals surface area (Å²) >= 11 is 0. The smallest absolute Gasteiger partial charge is 0.418 e. The van der Waals surface area contributed by atoms with Crippen LogP contribution in [0.15, 0.2) is 18.2 Å². The minimum Gasteiger partial charge on any atom is -0.494 e. The van der Waals surface area contributed by atoms with Gasteiger partial charge in [-0.05, 0) is 38.0 Å². The van der Waals surface area contributed by atoms with Gasteiger partial charge in [0.2, 0.25) is 0 Å². The summed E-state index contributed by atoms with van der Waals surface area (Å²) in [5, 5.41) is 13.9. The molecule has 0 aromatic heterocycles. The van der Waals surface area contributed by atoms with Gasteiger partial charge in [0.25, 0.3) is 0 Å². The van der Waals surface area contributed by atoms with Crippen LogP contribution in [-0.4, -0.2) is 30.4 Å². The van der Waals surface area contributed by atoms with E-state index in [2.05, 4.69) is 10.6 Å². The Bertz CT molecular complexity index is 521. The fraction of sp³-hybridized carbons (Fsp3) is 0.533. The Morgan fingerprint density at radius 2 is 2.04 bits per heavy atom. The number of hydrogen-bond donors (Lipinski definition) is 3. The van der Waals surface area contributed by atoms with E-state index < -0.39 is 23.9 Å². The molecule has 3 N–H and O–H groups in total. The van der Waals surface area contributed by atoms with Crippen molar-refractivity contribution in [1.29, 1.82) is 0 Å². The molecule has 130 valence electrons. The van der Waals surface area contributed by atoms with Gasteiger partial charge in [0, 0.05) is 6.54 Å². The van der Waals surface area contributed by atoms with Gasteiger partial charge in [-0.3, -0.25) is 0 Å². The third-order valence-corrected chi connectivity index (χ3v) is 3.09. The minimum atomic E-state index is -4.62. The van der Waals surface area contributed by atoms with E-state index in [1.807, 2.05) is 0 Å². The average molecular weight is 334 g/mol. The number of rotatable bonds is 7. The maximum atomic E-state index is 13.1. The van der Waals surface area contributed by atoms with E-state index >= 15 is 0 Å². The van der Waals surface area contributed by atoms with Crippen LogP contribution in [-0.2, 0) is 6.18 Å². The van der Waals surface area contributed by atoms with Gasteiger partial charge >= 0.3 is 12.2 Å². The maximum absolute atomic E-state index is 13.1. The lowest BCUT2D eigenvalue weighted by atomic mass is 10.1. The quantitative estimate of drug-likeness (QED) is 0.716. The summed E-state index contributed by atoms with van der Waals surface area (Å²) in [5.41, 5.74) is -1.33. The number of halogens is 3. The van der Waals surface area contributed by atoms with Crippen LogP contribution in [0.2, 0.25) is 0 Å². The standard InChI is InChI=1S/C15H21F3N2O3/c1-3-10(21)7-8-19-14(22)20-13-6-5-11(23-4-2)9-12(13)15(16,17)18/h5-6,9-10,21H,3-4,7-8H2,1-2H3,(H2,19,20,22). The van der Waals surface area contributed by atoms with E-state index in [0.29, 0.717) is 12.8 Å². The Kier molecular flexibility index (Phi) is 7.15. The zero-order valence-electron chi connectivity index (χ0n) is 13.0. The molecule has 0 spiro atoms. The summed E-state index contributed by atoms with van der Waals surface area (Å²) in [4.78, 5) is 11.7. The van der Waals surface area contributed by atoms with Gasteiger partial charge < -0.3 is 20.5 Å². The molecule has 0 aliphatic rings. The Labute approximate surface area is 132 Å². The van der Waals surface area contributed by atoms with Crippen molar-refractivity contribution < 1.29 is 27.8 Å². The van der Waals surface area contributed by atoms with E-state index in [9.17, 15) is 23.1 Å². The van der Waals surface area contributed by atoms with Crippen molar-refractivity contribution in [2.45, 2.75) is 39.0 Å². The van der Waals surface area contributed by atoms with Crippen molar-refractivity contribution in [3.63, 3.8) is 0 Å². The van der Waals surface area contributed by atoms with Gasteiger partial charge in [-0.1, -0.05) is 6.92 Å². The predicted octanol–water partition coefficient (Wildman–Crippen LogP) is 3.39. The molecule has 1 rings (SSSR count).